The summed E-state index contributed by atoms with van der Waals surface area (Å²) in [6.45, 7) is 11.7. The minimum absolute atomic E-state index is 0.228. The minimum atomic E-state index is -0.702. The number of ether oxygens (including phenoxy) is 2. The van der Waals surface area contributed by atoms with Gasteiger partial charge in [-0.25, -0.2) is 9.59 Å². The Balaban J connectivity index is 0.000000239. The largest absolute Gasteiger partial charge is 0.461 e. The molecule has 1 N–H and O–H groups in total. The van der Waals surface area contributed by atoms with Crippen LogP contribution in [-0.2, 0) is 24.6 Å². The zero-order valence-electron chi connectivity index (χ0n) is 29.0. The standard InChI is InChI=1S/C19H17Cl3N2O2.C10H9Cl3N2O2.C9H9Cl/c1-3-26-18(25)16-11-19(2,12-4-6-13(20)7-5-12)24(23-16)17-9-8-14(21)10-15(17)22;1-2-17-10(16)9(13)15-14-8-4-3-6(11)5-7(8)12;1-7(2)8-3-5-9(10)6-4-8/h4-10H,3,11H2,1-2H3;3-5,14H,2H2,1H3;3-6H,1H2,2H3/b;15-9-;. The van der Waals surface area contributed by atoms with E-state index in [1.54, 1.807) is 55.3 Å². The van der Waals surface area contributed by atoms with E-state index in [2.05, 4.69) is 26.9 Å². The summed E-state index contributed by atoms with van der Waals surface area (Å²) in [6, 6.07) is 25.1. The molecule has 8 nitrogen and oxygen atoms in total. The molecule has 4 aromatic rings. The van der Waals surface area contributed by atoms with Crippen LogP contribution in [0.15, 0.2) is 102 Å². The van der Waals surface area contributed by atoms with E-state index in [1.165, 1.54) is 0 Å². The number of rotatable bonds is 9. The molecule has 4 aromatic carbocycles. The molecule has 0 amide bonds. The van der Waals surface area contributed by atoms with Crippen molar-refractivity contribution in [1.82, 2.24) is 0 Å². The maximum absolute atomic E-state index is 12.3. The number of hydrogen-bond donors (Lipinski definition) is 1. The SMILES string of the molecule is C=C(C)c1ccc(Cl)cc1.CCOC(=O)/C(Cl)=N/Nc1ccc(Cl)cc1Cl.CCOC(=O)C1=NN(c2ccc(Cl)cc2Cl)C(C)(c2ccc(Cl)cc2)C1. The predicted octanol–water partition coefficient (Wildman–Crippen LogP) is 12.6. The molecule has 1 heterocycles. The maximum Gasteiger partial charge on any atom is 0.370 e. The quantitative estimate of drug-likeness (QED) is 0.102. The lowest BCUT2D eigenvalue weighted by Gasteiger charge is -2.35. The van der Waals surface area contributed by atoms with Gasteiger partial charge in [-0.15, -0.1) is 0 Å². The van der Waals surface area contributed by atoms with Gasteiger partial charge in [-0.05, 0) is 99.5 Å². The number of esters is 2. The minimum Gasteiger partial charge on any atom is -0.461 e. The molecule has 1 atom stereocenters. The van der Waals surface area contributed by atoms with Crippen molar-refractivity contribution >= 4 is 121 Å². The number of nitrogens with one attached hydrogen (secondary N) is 1. The van der Waals surface area contributed by atoms with Gasteiger partial charge in [0.1, 0.15) is 5.71 Å². The molecule has 0 fully saturated rings. The molecule has 5 rings (SSSR count). The van der Waals surface area contributed by atoms with E-state index in [0.717, 1.165) is 21.7 Å². The fourth-order valence-electron chi connectivity index (χ4n) is 4.66. The van der Waals surface area contributed by atoms with Crippen LogP contribution in [-0.4, -0.2) is 36.0 Å². The monoisotopic (exact) mass is 856 g/mol. The zero-order chi connectivity index (χ0) is 39.3. The lowest BCUT2D eigenvalue weighted by molar-refractivity contribution is -0.135. The topological polar surface area (TPSA) is 92.6 Å². The average molecular weight is 860 g/mol. The van der Waals surface area contributed by atoms with E-state index >= 15 is 0 Å². The lowest BCUT2D eigenvalue weighted by atomic mass is 9.87. The molecule has 0 aromatic heterocycles. The van der Waals surface area contributed by atoms with E-state index < -0.39 is 17.5 Å². The number of carbonyl (C=O) groups is 2. The third-order valence-electron chi connectivity index (χ3n) is 7.30. The average Bonchev–Trinajstić information content (AvgIpc) is 3.47. The summed E-state index contributed by atoms with van der Waals surface area (Å²) < 4.78 is 9.78. The second kappa shape index (κ2) is 20.8. The summed E-state index contributed by atoms with van der Waals surface area (Å²) in [5.74, 6) is -1.13. The molecule has 1 aliphatic rings. The molecule has 15 heteroatoms. The third kappa shape index (κ3) is 12.8. The third-order valence-corrected chi connectivity index (χ3v) is 9.13. The van der Waals surface area contributed by atoms with Gasteiger partial charge in [0.15, 0.2) is 0 Å². The first kappa shape index (κ1) is 43.9. The molecule has 0 aliphatic carbocycles. The van der Waals surface area contributed by atoms with Gasteiger partial charge in [-0.3, -0.25) is 10.4 Å². The van der Waals surface area contributed by atoms with E-state index in [9.17, 15) is 9.59 Å². The van der Waals surface area contributed by atoms with Gasteiger partial charge in [0.2, 0.25) is 5.17 Å². The van der Waals surface area contributed by atoms with Crippen LogP contribution in [0.5, 0.6) is 0 Å². The van der Waals surface area contributed by atoms with E-state index in [-0.39, 0.29) is 18.4 Å². The highest BCUT2D eigenvalue weighted by Gasteiger charge is 2.44. The maximum atomic E-state index is 12.3. The number of carbonyl (C=O) groups excluding carboxylic acids is 2. The Morgan fingerprint density at radius 3 is 1.87 bits per heavy atom. The Hall–Kier alpha value is -3.47. The van der Waals surface area contributed by atoms with Crippen molar-refractivity contribution in [3.63, 3.8) is 0 Å². The second-order valence-electron chi connectivity index (χ2n) is 11.3. The molecular formula is C38H35Cl7N4O4. The predicted molar refractivity (Wildman–Crippen MR) is 223 cm³/mol. The molecule has 1 unspecified atom stereocenters. The first-order valence-electron chi connectivity index (χ1n) is 15.9. The van der Waals surface area contributed by atoms with Crippen LogP contribution in [0.1, 0.15) is 45.2 Å². The first-order chi connectivity index (χ1) is 25.1. The molecule has 0 bridgehead atoms. The Bertz CT molecular complexity index is 1970. The van der Waals surface area contributed by atoms with Gasteiger partial charge in [0.25, 0.3) is 0 Å². The van der Waals surface area contributed by atoms with Crippen molar-refractivity contribution in [1.29, 1.82) is 0 Å². The summed E-state index contributed by atoms with van der Waals surface area (Å²) in [4.78, 5) is 23.4. The van der Waals surface area contributed by atoms with Crippen LogP contribution >= 0.6 is 81.2 Å². The highest BCUT2D eigenvalue weighted by molar-refractivity contribution is 6.82. The summed E-state index contributed by atoms with van der Waals surface area (Å²) in [5, 5.41) is 12.9. The fourth-order valence-corrected chi connectivity index (χ4v) is 5.95. The number of hydrazone groups is 2. The van der Waals surface area contributed by atoms with Gasteiger partial charge in [-0.2, -0.15) is 10.2 Å². The highest BCUT2D eigenvalue weighted by atomic mass is 35.5. The molecule has 0 saturated carbocycles. The number of benzene rings is 4. The number of hydrogen-bond acceptors (Lipinski definition) is 8. The Labute approximate surface area is 344 Å². The second-order valence-corrected chi connectivity index (χ2v) is 14.2. The number of allylic oxidation sites excluding steroid dienone is 1. The van der Waals surface area contributed by atoms with Crippen LogP contribution in [0.25, 0.3) is 5.57 Å². The summed E-state index contributed by atoms with van der Waals surface area (Å²) in [6.07, 6.45) is 0.381. The van der Waals surface area contributed by atoms with Gasteiger partial charge >= 0.3 is 11.9 Å². The van der Waals surface area contributed by atoms with Crippen molar-refractivity contribution in [2.45, 2.75) is 39.7 Å². The van der Waals surface area contributed by atoms with E-state index in [1.807, 2.05) is 62.4 Å². The van der Waals surface area contributed by atoms with Gasteiger partial charge in [-0.1, -0.05) is 118 Å². The van der Waals surface area contributed by atoms with Crippen LogP contribution in [0.3, 0.4) is 0 Å². The highest BCUT2D eigenvalue weighted by Crippen LogP contribution is 2.44. The first-order valence-corrected chi connectivity index (χ1v) is 18.5. The van der Waals surface area contributed by atoms with Crippen LogP contribution in [0.2, 0.25) is 30.1 Å². The molecule has 1 aliphatic heterocycles. The van der Waals surface area contributed by atoms with Crippen LogP contribution < -0.4 is 10.4 Å². The Morgan fingerprint density at radius 1 is 0.811 bits per heavy atom. The van der Waals surface area contributed by atoms with Gasteiger partial charge in [0.05, 0.1) is 40.2 Å². The number of halogens is 7. The Kier molecular flexibility index (Phi) is 17.3. The van der Waals surface area contributed by atoms with E-state index in [4.69, 9.17) is 85.9 Å². The molecular weight excluding hydrogens is 825 g/mol. The lowest BCUT2D eigenvalue weighted by Crippen LogP contribution is -2.37. The van der Waals surface area contributed by atoms with Crippen molar-refractivity contribution in [3.05, 3.63) is 133 Å². The van der Waals surface area contributed by atoms with E-state index in [0.29, 0.717) is 48.6 Å². The van der Waals surface area contributed by atoms with Crippen molar-refractivity contribution in [2.24, 2.45) is 10.2 Å². The molecule has 0 saturated heterocycles. The van der Waals surface area contributed by atoms with Crippen molar-refractivity contribution in [3.8, 4) is 0 Å². The molecule has 0 radical (unpaired) electrons. The van der Waals surface area contributed by atoms with Crippen molar-refractivity contribution < 1.29 is 19.1 Å². The smallest absolute Gasteiger partial charge is 0.370 e. The van der Waals surface area contributed by atoms with Crippen LogP contribution in [0, 0.1) is 0 Å². The molecule has 0 spiro atoms. The molecule has 280 valence electrons. The van der Waals surface area contributed by atoms with Crippen molar-refractivity contribution in [2.75, 3.05) is 23.6 Å². The number of anilines is 2. The number of nitrogens with zero attached hydrogens (tertiary/aromatic N) is 3. The Morgan fingerprint density at radius 2 is 1.34 bits per heavy atom. The fraction of sp³-hybridized carbons (Fsp3) is 0.211. The van der Waals surface area contributed by atoms with Gasteiger partial charge in [0, 0.05) is 26.5 Å². The summed E-state index contributed by atoms with van der Waals surface area (Å²) in [7, 11) is 0. The molecule has 53 heavy (non-hydrogen) atoms. The summed E-state index contributed by atoms with van der Waals surface area (Å²) >= 11 is 41.3. The zero-order valence-corrected chi connectivity index (χ0v) is 34.3. The normalized spacial score (nSPS) is 14.9. The van der Waals surface area contributed by atoms with Crippen LogP contribution in [0.4, 0.5) is 11.4 Å². The van der Waals surface area contributed by atoms with Gasteiger partial charge < -0.3 is 9.47 Å². The summed E-state index contributed by atoms with van der Waals surface area (Å²) in [5.41, 5.74) is 6.57.